The predicted octanol–water partition coefficient (Wildman–Crippen LogP) is -0.0569. The molecule has 2 fully saturated rings. The van der Waals surface area contributed by atoms with E-state index in [1.165, 1.54) is 14.8 Å². The van der Waals surface area contributed by atoms with Crippen LogP contribution < -0.4 is 0 Å². The Morgan fingerprint density at radius 2 is 1.82 bits per heavy atom. The van der Waals surface area contributed by atoms with Gasteiger partial charge in [0.2, 0.25) is 0 Å². The molecule has 0 unspecified atom stereocenters. The van der Waals surface area contributed by atoms with Crippen LogP contribution in [-0.4, -0.2) is 68.1 Å². The molecule has 2 saturated heterocycles. The Morgan fingerprint density at radius 1 is 1.14 bits per heavy atom. The highest BCUT2D eigenvalue weighted by atomic mass is 32.2. The van der Waals surface area contributed by atoms with Crippen LogP contribution in [0.3, 0.4) is 0 Å². The fraction of sp³-hybridized carbons (Fsp3) is 0.750. The van der Waals surface area contributed by atoms with Crippen LogP contribution in [0.2, 0.25) is 0 Å². The maximum absolute atomic E-state index is 12.5. The van der Waals surface area contributed by atoms with Gasteiger partial charge in [0.05, 0.1) is 11.9 Å². The molecule has 0 bridgehead atoms. The van der Waals surface area contributed by atoms with E-state index in [-0.39, 0.29) is 10.8 Å². The van der Waals surface area contributed by atoms with Crippen LogP contribution in [0.15, 0.2) is 11.1 Å². The molecule has 22 heavy (non-hydrogen) atoms. The van der Waals surface area contributed by atoms with Crippen molar-refractivity contribution in [2.24, 2.45) is 0 Å². The number of rotatable bonds is 4. The molecule has 2 aliphatic heterocycles. The quantitative estimate of drug-likeness (QED) is 0.821. The van der Waals surface area contributed by atoms with E-state index in [4.69, 9.17) is 0 Å². The van der Waals surface area contributed by atoms with Gasteiger partial charge < -0.3 is 0 Å². The standard InChI is InChI=1S/C12H20N4O4S2/c1-21(17,18)11-8-13-14-12(11)10-4-7-16(9-10)22(19,20)15-5-2-3-6-15/h8,10H,2-7,9H2,1H3,(H,13,14)/t10-/m0/s1. The van der Waals surface area contributed by atoms with Gasteiger partial charge in [0.15, 0.2) is 9.84 Å². The van der Waals surface area contributed by atoms with Crippen molar-refractivity contribution in [3.05, 3.63) is 11.9 Å². The van der Waals surface area contributed by atoms with Crippen LogP contribution in [0.4, 0.5) is 0 Å². The van der Waals surface area contributed by atoms with Crippen molar-refractivity contribution in [3.8, 4) is 0 Å². The topological polar surface area (TPSA) is 103 Å². The Labute approximate surface area is 130 Å². The second-order valence-electron chi connectivity index (χ2n) is 5.88. The summed E-state index contributed by atoms with van der Waals surface area (Å²) in [7, 11) is -6.80. The highest BCUT2D eigenvalue weighted by Gasteiger charge is 2.38. The van der Waals surface area contributed by atoms with E-state index in [0.29, 0.717) is 38.3 Å². The van der Waals surface area contributed by atoms with E-state index in [9.17, 15) is 16.8 Å². The van der Waals surface area contributed by atoms with Gasteiger partial charge in [-0.2, -0.15) is 22.1 Å². The van der Waals surface area contributed by atoms with Gasteiger partial charge in [-0.05, 0) is 19.3 Å². The molecule has 124 valence electrons. The zero-order valence-electron chi connectivity index (χ0n) is 12.4. The largest absolute Gasteiger partial charge is 0.281 e. The fourth-order valence-corrected chi connectivity index (χ4v) is 5.74. The van der Waals surface area contributed by atoms with Gasteiger partial charge in [-0.3, -0.25) is 5.10 Å². The number of aromatic amines is 1. The average Bonchev–Trinajstić information content (AvgIpc) is 3.18. The summed E-state index contributed by atoms with van der Waals surface area (Å²) in [5, 5.41) is 6.55. The first kappa shape index (κ1) is 15.9. The maximum atomic E-state index is 12.5. The first-order valence-corrected chi connectivity index (χ1v) is 10.6. The summed E-state index contributed by atoms with van der Waals surface area (Å²) in [6.45, 7) is 1.85. The third-order valence-corrected chi connectivity index (χ3v) is 7.43. The van der Waals surface area contributed by atoms with Crippen LogP contribution in [0.5, 0.6) is 0 Å². The van der Waals surface area contributed by atoms with Crippen molar-refractivity contribution in [1.29, 1.82) is 0 Å². The number of nitrogens with zero attached hydrogens (tertiary/aromatic N) is 3. The van der Waals surface area contributed by atoms with Gasteiger partial charge in [-0.1, -0.05) is 0 Å². The first-order chi connectivity index (χ1) is 10.3. The van der Waals surface area contributed by atoms with Gasteiger partial charge >= 0.3 is 0 Å². The van der Waals surface area contributed by atoms with Crippen LogP contribution >= 0.6 is 0 Å². The minimum Gasteiger partial charge on any atom is -0.281 e. The Hall–Kier alpha value is -0.970. The molecule has 3 rings (SSSR count). The van der Waals surface area contributed by atoms with E-state index >= 15 is 0 Å². The Bertz CT molecular complexity index is 750. The van der Waals surface area contributed by atoms with Crippen molar-refractivity contribution in [2.45, 2.75) is 30.1 Å². The number of aromatic nitrogens is 2. The molecule has 8 nitrogen and oxygen atoms in total. The van der Waals surface area contributed by atoms with Crippen molar-refractivity contribution in [2.75, 3.05) is 32.4 Å². The highest BCUT2D eigenvalue weighted by Crippen LogP contribution is 2.32. The predicted molar refractivity (Wildman–Crippen MR) is 80.4 cm³/mol. The SMILES string of the molecule is CS(=O)(=O)c1cn[nH]c1[C@H]1CCN(S(=O)(=O)N2CCCC2)C1. The van der Waals surface area contributed by atoms with Gasteiger partial charge in [0.25, 0.3) is 10.2 Å². The lowest BCUT2D eigenvalue weighted by Gasteiger charge is -2.23. The Morgan fingerprint density at radius 3 is 2.45 bits per heavy atom. The molecule has 1 aromatic heterocycles. The molecule has 3 heterocycles. The lowest BCUT2D eigenvalue weighted by molar-refractivity contribution is 0.395. The van der Waals surface area contributed by atoms with E-state index in [1.54, 1.807) is 0 Å². The zero-order chi connectivity index (χ0) is 16.0. The molecule has 0 amide bonds. The summed E-state index contributed by atoms with van der Waals surface area (Å²) in [6, 6.07) is 0. The molecule has 10 heteroatoms. The summed E-state index contributed by atoms with van der Waals surface area (Å²) < 4.78 is 51.6. The lowest BCUT2D eigenvalue weighted by atomic mass is 10.1. The molecular weight excluding hydrogens is 328 g/mol. The normalized spacial score (nSPS) is 25.0. The zero-order valence-corrected chi connectivity index (χ0v) is 14.0. The Balaban J connectivity index is 1.80. The number of hydrogen-bond donors (Lipinski definition) is 1. The number of hydrogen-bond acceptors (Lipinski definition) is 5. The molecule has 1 aromatic rings. The third kappa shape index (κ3) is 2.80. The minimum absolute atomic E-state index is 0.162. The molecular formula is C12H20N4O4S2. The van der Waals surface area contributed by atoms with Crippen LogP contribution in [0, 0.1) is 0 Å². The van der Waals surface area contributed by atoms with Crippen LogP contribution in [0.1, 0.15) is 30.9 Å². The van der Waals surface area contributed by atoms with E-state index in [2.05, 4.69) is 10.2 Å². The molecule has 1 N–H and O–H groups in total. The molecule has 0 spiro atoms. The van der Waals surface area contributed by atoms with Gasteiger partial charge in [-0.25, -0.2) is 8.42 Å². The van der Waals surface area contributed by atoms with E-state index in [0.717, 1.165) is 19.1 Å². The Kier molecular flexibility index (Phi) is 4.04. The lowest BCUT2D eigenvalue weighted by Crippen LogP contribution is -2.41. The van der Waals surface area contributed by atoms with E-state index in [1.807, 2.05) is 0 Å². The molecule has 0 aliphatic carbocycles. The van der Waals surface area contributed by atoms with E-state index < -0.39 is 20.0 Å². The summed E-state index contributed by atoms with van der Waals surface area (Å²) in [5.74, 6) is -0.162. The molecule has 2 aliphatic rings. The number of nitrogens with one attached hydrogen (secondary N) is 1. The third-order valence-electron chi connectivity index (χ3n) is 4.31. The summed E-state index contributed by atoms with van der Waals surface area (Å²) in [5.41, 5.74) is 0.515. The van der Waals surface area contributed by atoms with Crippen molar-refractivity contribution < 1.29 is 16.8 Å². The number of sulfone groups is 1. The summed E-state index contributed by atoms with van der Waals surface area (Å²) >= 11 is 0. The van der Waals surface area contributed by atoms with Crippen molar-refractivity contribution in [3.63, 3.8) is 0 Å². The smallest absolute Gasteiger partial charge is 0.281 e. The van der Waals surface area contributed by atoms with Gasteiger partial charge in [0, 0.05) is 38.4 Å². The second kappa shape index (κ2) is 5.59. The van der Waals surface area contributed by atoms with Gasteiger partial charge in [0.1, 0.15) is 4.90 Å². The maximum Gasteiger partial charge on any atom is 0.281 e. The summed E-state index contributed by atoms with van der Waals surface area (Å²) in [6.07, 6.45) is 4.82. The van der Waals surface area contributed by atoms with Crippen molar-refractivity contribution in [1.82, 2.24) is 18.8 Å². The first-order valence-electron chi connectivity index (χ1n) is 7.28. The molecule has 1 atom stereocenters. The molecule has 0 radical (unpaired) electrons. The molecule has 0 saturated carbocycles. The average molecular weight is 348 g/mol. The van der Waals surface area contributed by atoms with Crippen molar-refractivity contribution >= 4 is 20.0 Å². The fourth-order valence-electron chi connectivity index (χ4n) is 3.13. The molecule has 0 aromatic carbocycles. The minimum atomic E-state index is -3.43. The van der Waals surface area contributed by atoms with Gasteiger partial charge in [-0.15, -0.1) is 0 Å². The number of H-pyrrole nitrogens is 1. The highest BCUT2D eigenvalue weighted by molar-refractivity contribution is 7.90. The second-order valence-corrected chi connectivity index (χ2v) is 9.79. The van der Waals surface area contributed by atoms with Crippen LogP contribution in [0.25, 0.3) is 0 Å². The monoisotopic (exact) mass is 348 g/mol. The summed E-state index contributed by atoms with van der Waals surface area (Å²) in [4.78, 5) is 0.165. The van der Waals surface area contributed by atoms with Crippen LogP contribution in [-0.2, 0) is 20.0 Å².